The molecule has 0 unspecified atom stereocenters. The molecule has 9 heteroatoms. The number of fused-ring (bicyclic) bond motifs is 1. The summed E-state index contributed by atoms with van der Waals surface area (Å²) in [6.07, 6.45) is 0. The first kappa shape index (κ1) is 18.4. The molecule has 0 spiro atoms. The lowest BCUT2D eigenvalue weighted by Gasteiger charge is -2.26. The molecule has 4 rings (SSSR count). The van der Waals surface area contributed by atoms with Crippen LogP contribution in [0.25, 0.3) is 11.0 Å². The van der Waals surface area contributed by atoms with E-state index in [1.54, 1.807) is 24.0 Å². The van der Waals surface area contributed by atoms with Gasteiger partial charge in [-0.3, -0.25) is 4.79 Å². The summed E-state index contributed by atoms with van der Waals surface area (Å²) in [4.78, 5) is 14.6. The first-order valence-electron chi connectivity index (χ1n) is 8.96. The van der Waals surface area contributed by atoms with E-state index >= 15 is 0 Å². The van der Waals surface area contributed by atoms with Crippen LogP contribution in [-0.2, 0) is 19.5 Å². The van der Waals surface area contributed by atoms with Crippen molar-refractivity contribution < 1.29 is 27.1 Å². The Kier molecular flexibility index (Phi) is 4.94. The zero-order valence-electron chi connectivity index (χ0n) is 15.1. The predicted octanol–water partition coefficient (Wildman–Crippen LogP) is 1.23. The minimum absolute atomic E-state index is 0.190. The lowest BCUT2D eigenvalue weighted by atomic mass is 10.1. The molecule has 1 aromatic heterocycles. The van der Waals surface area contributed by atoms with Crippen molar-refractivity contribution >= 4 is 26.9 Å². The molecular weight excluding hydrogens is 372 g/mol. The van der Waals surface area contributed by atoms with Crippen molar-refractivity contribution in [3.63, 3.8) is 0 Å². The minimum atomic E-state index is -3.60. The summed E-state index contributed by atoms with van der Waals surface area (Å²) >= 11 is 0. The van der Waals surface area contributed by atoms with Crippen molar-refractivity contribution in [2.24, 2.45) is 0 Å². The SMILES string of the molecule is Cc1c(C(=O)N2CCOCC2)oc2ccc(S(=O)(=O)N3CCOCC3)cc12. The van der Waals surface area contributed by atoms with Crippen molar-refractivity contribution in [1.82, 2.24) is 9.21 Å². The molecule has 0 radical (unpaired) electrons. The van der Waals surface area contributed by atoms with Gasteiger partial charge in [0.05, 0.1) is 31.3 Å². The van der Waals surface area contributed by atoms with Crippen LogP contribution in [0.2, 0.25) is 0 Å². The largest absolute Gasteiger partial charge is 0.451 e. The summed E-state index contributed by atoms with van der Waals surface area (Å²) in [5.41, 5.74) is 1.16. The van der Waals surface area contributed by atoms with Crippen LogP contribution in [0.15, 0.2) is 27.5 Å². The van der Waals surface area contributed by atoms with Crippen LogP contribution < -0.4 is 0 Å². The average molecular weight is 394 g/mol. The summed E-state index contributed by atoms with van der Waals surface area (Å²) in [5.74, 6) is 0.0670. The van der Waals surface area contributed by atoms with Gasteiger partial charge in [0.25, 0.3) is 5.91 Å². The van der Waals surface area contributed by atoms with Gasteiger partial charge in [-0.25, -0.2) is 8.42 Å². The van der Waals surface area contributed by atoms with E-state index in [0.29, 0.717) is 69.1 Å². The maximum Gasteiger partial charge on any atom is 0.290 e. The molecule has 3 heterocycles. The number of hydrogen-bond acceptors (Lipinski definition) is 6. The van der Waals surface area contributed by atoms with Gasteiger partial charge < -0.3 is 18.8 Å². The highest BCUT2D eigenvalue weighted by Gasteiger charge is 2.29. The maximum atomic E-state index is 12.9. The van der Waals surface area contributed by atoms with Crippen molar-refractivity contribution in [2.45, 2.75) is 11.8 Å². The highest BCUT2D eigenvalue weighted by Crippen LogP contribution is 2.30. The van der Waals surface area contributed by atoms with Gasteiger partial charge in [0.15, 0.2) is 5.76 Å². The second kappa shape index (κ2) is 7.23. The Bertz CT molecular complexity index is 956. The normalized spacial score (nSPS) is 19.5. The number of hydrogen-bond donors (Lipinski definition) is 0. The fourth-order valence-corrected chi connectivity index (χ4v) is 4.85. The second-order valence-corrected chi connectivity index (χ2v) is 8.57. The Labute approximate surface area is 157 Å². The van der Waals surface area contributed by atoms with Gasteiger partial charge >= 0.3 is 0 Å². The molecule has 1 aromatic carbocycles. The van der Waals surface area contributed by atoms with Crippen LogP contribution in [-0.4, -0.2) is 76.1 Å². The van der Waals surface area contributed by atoms with Gasteiger partial charge in [0, 0.05) is 37.1 Å². The molecular formula is C18H22N2O6S. The number of benzene rings is 1. The van der Waals surface area contributed by atoms with Crippen molar-refractivity contribution in [3.8, 4) is 0 Å². The zero-order chi connectivity index (χ0) is 19.0. The molecule has 0 N–H and O–H groups in total. The van der Waals surface area contributed by atoms with E-state index in [9.17, 15) is 13.2 Å². The third-order valence-electron chi connectivity index (χ3n) is 5.01. The third-order valence-corrected chi connectivity index (χ3v) is 6.90. The average Bonchev–Trinajstić information content (AvgIpc) is 3.05. The van der Waals surface area contributed by atoms with Crippen LogP contribution in [0.5, 0.6) is 0 Å². The molecule has 2 saturated heterocycles. The molecule has 0 bridgehead atoms. The Morgan fingerprint density at radius 3 is 2.30 bits per heavy atom. The molecule has 2 fully saturated rings. The van der Waals surface area contributed by atoms with Gasteiger partial charge in [-0.2, -0.15) is 4.31 Å². The van der Waals surface area contributed by atoms with Crippen LogP contribution in [0.1, 0.15) is 16.1 Å². The zero-order valence-corrected chi connectivity index (χ0v) is 16.0. The Hall–Kier alpha value is -1.94. The van der Waals surface area contributed by atoms with Gasteiger partial charge in [0.2, 0.25) is 10.0 Å². The standard InChI is InChI=1S/C18H22N2O6S/c1-13-15-12-14(27(22,23)20-6-10-25-11-7-20)2-3-16(15)26-17(13)18(21)19-4-8-24-9-5-19/h2-3,12H,4-11H2,1H3. The van der Waals surface area contributed by atoms with Crippen LogP contribution in [0, 0.1) is 6.92 Å². The molecule has 2 aliphatic rings. The van der Waals surface area contributed by atoms with E-state index in [1.165, 1.54) is 10.4 Å². The molecule has 146 valence electrons. The number of ether oxygens (including phenoxy) is 2. The number of rotatable bonds is 3. The van der Waals surface area contributed by atoms with E-state index in [4.69, 9.17) is 13.9 Å². The number of sulfonamides is 1. The number of furan rings is 1. The smallest absolute Gasteiger partial charge is 0.290 e. The van der Waals surface area contributed by atoms with E-state index in [0.717, 1.165) is 0 Å². The highest BCUT2D eigenvalue weighted by atomic mass is 32.2. The lowest BCUT2D eigenvalue weighted by Crippen LogP contribution is -2.40. The van der Waals surface area contributed by atoms with E-state index in [1.807, 2.05) is 0 Å². The summed E-state index contributed by atoms with van der Waals surface area (Å²) < 4.78 is 43.5. The molecule has 1 amide bonds. The fraction of sp³-hybridized carbons (Fsp3) is 0.500. The monoisotopic (exact) mass is 394 g/mol. The van der Waals surface area contributed by atoms with Gasteiger partial charge in [-0.05, 0) is 25.1 Å². The third kappa shape index (κ3) is 3.36. The molecule has 27 heavy (non-hydrogen) atoms. The topological polar surface area (TPSA) is 89.3 Å². The van der Waals surface area contributed by atoms with Crippen molar-refractivity contribution in [2.75, 3.05) is 52.6 Å². The van der Waals surface area contributed by atoms with Gasteiger partial charge in [-0.1, -0.05) is 0 Å². The van der Waals surface area contributed by atoms with Crippen LogP contribution >= 0.6 is 0 Å². The molecule has 8 nitrogen and oxygen atoms in total. The summed E-state index contributed by atoms with van der Waals surface area (Å²) in [7, 11) is -3.60. The van der Waals surface area contributed by atoms with E-state index in [-0.39, 0.29) is 16.6 Å². The summed E-state index contributed by atoms with van der Waals surface area (Å²) in [6, 6.07) is 4.74. The molecule has 0 atom stereocenters. The summed E-state index contributed by atoms with van der Waals surface area (Å²) in [6.45, 7) is 5.30. The Morgan fingerprint density at radius 1 is 1.00 bits per heavy atom. The van der Waals surface area contributed by atoms with Crippen molar-refractivity contribution in [1.29, 1.82) is 0 Å². The number of morpholine rings is 2. The Balaban J connectivity index is 1.68. The van der Waals surface area contributed by atoms with E-state index < -0.39 is 10.0 Å². The number of carbonyl (C=O) groups is 1. The number of carbonyl (C=O) groups excluding carboxylic acids is 1. The molecule has 0 aliphatic carbocycles. The minimum Gasteiger partial charge on any atom is -0.451 e. The first-order valence-corrected chi connectivity index (χ1v) is 10.4. The number of amides is 1. The van der Waals surface area contributed by atoms with E-state index in [2.05, 4.69) is 0 Å². The lowest BCUT2D eigenvalue weighted by molar-refractivity contribution is 0.0283. The van der Waals surface area contributed by atoms with Crippen molar-refractivity contribution in [3.05, 3.63) is 29.5 Å². The van der Waals surface area contributed by atoms with Gasteiger partial charge in [0.1, 0.15) is 5.58 Å². The quantitative estimate of drug-likeness (QED) is 0.778. The first-order chi connectivity index (χ1) is 13.0. The maximum absolute atomic E-state index is 12.9. The highest BCUT2D eigenvalue weighted by molar-refractivity contribution is 7.89. The molecule has 2 aliphatic heterocycles. The molecule has 2 aromatic rings. The second-order valence-electron chi connectivity index (χ2n) is 6.64. The van der Waals surface area contributed by atoms with Gasteiger partial charge in [-0.15, -0.1) is 0 Å². The number of aryl methyl sites for hydroxylation is 1. The number of nitrogens with zero attached hydrogens (tertiary/aromatic N) is 2. The Morgan fingerprint density at radius 2 is 1.63 bits per heavy atom. The van der Waals surface area contributed by atoms with Crippen LogP contribution in [0.3, 0.4) is 0 Å². The summed E-state index contributed by atoms with van der Waals surface area (Å²) in [5, 5.41) is 0.640. The predicted molar refractivity (Wildman–Crippen MR) is 97.3 cm³/mol. The molecule has 0 saturated carbocycles. The fourth-order valence-electron chi connectivity index (χ4n) is 3.41. The van der Waals surface area contributed by atoms with Crippen LogP contribution in [0.4, 0.5) is 0 Å².